The van der Waals surface area contributed by atoms with Gasteiger partial charge >= 0.3 is 0 Å². The van der Waals surface area contributed by atoms with Crippen molar-refractivity contribution in [2.75, 3.05) is 7.11 Å². The van der Waals surface area contributed by atoms with Gasteiger partial charge in [-0.3, -0.25) is 4.98 Å². The summed E-state index contributed by atoms with van der Waals surface area (Å²) >= 11 is 12.3. The van der Waals surface area contributed by atoms with Gasteiger partial charge in [-0.1, -0.05) is 28.0 Å². The van der Waals surface area contributed by atoms with Crippen molar-refractivity contribution in [2.24, 2.45) is 0 Å². The summed E-state index contributed by atoms with van der Waals surface area (Å²) in [4.78, 5) is 4.45. The van der Waals surface area contributed by atoms with E-state index >= 15 is 0 Å². The summed E-state index contributed by atoms with van der Waals surface area (Å²) in [5.41, 5.74) is 1.28. The molecule has 0 aliphatic carbocycles. The van der Waals surface area contributed by atoms with Crippen molar-refractivity contribution < 1.29 is 9.58 Å². The Morgan fingerprint density at radius 2 is 1.95 bits per heavy atom. The van der Waals surface area contributed by atoms with E-state index in [1.807, 2.05) is 12.1 Å². The average Bonchev–Trinajstić information content (AvgIpc) is 2.50. The van der Waals surface area contributed by atoms with Crippen LogP contribution in [-0.4, -0.2) is 17.2 Å². The number of hydrogen-bond acceptors (Lipinski definition) is 4. The van der Waals surface area contributed by atoms with Gasteiger partial charge in [0.1, 0.15) is 11.4 Å². The van der Waals surface area contributed by atoms with E-state index < -0.39 is 0 Å². The van der Waals surface area contributed by atoms with Crippen LogP contribution in [-0.2, 0) is 6.42 Å². The molecule has 0 spiro atoms. The van der Waals surface area contributed by atoms with Crippen LogP contribution in [0.15, 0.2) is 36.8 Å². The zero-order valence-corrected chi connectivity index (χ0v) is 13.1. The molecule has 3 aromatic rings. The number of halogens is 2. The minimum absolute atomic E-state index is 0.339. The topological polar surface area (TPSA) is 62.0 Å². The summed E-state index contributed by atoms with van der Waals surface area (Å²) in [6.45, 7) is 0. The Morgan fingerprint density at radius 3 is 2.64 bits per heavy atom. The normalized spacial score (nSPS) is 10.9. The Kier molecular flexibility index (Phi) is 4.00. The van der Waals surface area contributed by atoms with Crippen LogP contribution in [0.4, 0.5) is 0 Å². The van der Waals surface area contributed by atoms with Crippen molar-refractivity contribution in [3.8, 4) is 5.75 Å². The third-order valence-corrected chi connectivity index (χ3v) is 3.99. The van der Waals surface area contributed by atoms with Crippen LogP contribution >= 0.6 is 23.2 Å². The van der Waals surface area contributed by atoms with E-state index in [2.05, 4.69) is 10.1 Å². The van der Waals surface area contributed by atoms with E-state index in [0.29, 0.717) is 38.3 Å². The first kappa shape index (κ1) is 14.8. The van der Waals surface area contributed by atoms with Gasteiger partial charge in [0.25, 0.3) is 0 Å². The maximum absolute atomic E-state index is 11.8. The van der Waals surface area contributed by atoms with Crippen molar-refractivity contribution in [2.45, 2.75) is 6.42 Å². The zero-order chi connectivity index (χ0) is 15.7. The third kappa shape index (κ3) is 2.77. The molecule has 0 bridgehead atoms. The van der Waals surface area contributed by atoms with Gasteiger partial charge < -0.3 is 9.94 Å². The Labute approximate surface area is 136 Å². The van der Waals surface area contributed by atoms with E-state index in [-0.39, 0.29) is 0 Å². The first-order valence-electron chi connectivity index (χ1n) is 6.43. The SMILES string of the molecule is COc1ccc2c(Cc3c(Cl)cncc3Cl)n[n+]([O-])cc2c1. The number of aromatic nitrogens is 3. The quantitative estimate of drug-likeness (QED) is 0.544. The molecular weight excluding hydrogens is 325 g/mol. The molecule has 1 aromatic carbocycles. The second-order valence-electron chi connectivity index (χ2n) is 4.69. The van der Waals surface area contributed by atoms with E-state index in [1.54, 1.807) is 13.2 Å². The van der Waals surface area contributed by atoms with Crippen LogP contribution in [0.5, 0.6) is 5.75 Å². The Hall–Kier alpha value is -2.11. The van der Waals surface area contributed by atoms with Crippen molar-refractivity contribution in [3.05, 3.63) is 63.3 Å². The molecule has 0 saturated carbocycles. The summed E-state index contributed by atoms with van der Waals surface area (Å²) in [5, 5.41) is 18.2. The lowest BCUT2D eigenvalue weighted by Crippen LogP contribution is -2.31. The van der Waals surface area contributed by atoms with Gasteiger partial charge in [-0.15, -0.1) is 0 Å². The van der Waals surface area contributed by atoms with E-state index in [9.17, 15) is 5.21 Å². The molecule has 2 aromatic heterocycles. The van der Waals surface area contributed by atoms with Crippen LogP contribution in [0.25, 0.3) is 10.8 Å². The van der Waals surface area contributed by atoms with E-state index in [4.69, 9.17) is 27.9 Å². The molecule has 0 fully saturated rings. The smallest absolute Gasteiger partial charge is 0.217 e. The van der Waals surface area contributed by atoms with E-state index in [0.717, 1.165) is 10.8 Å². The van der Waals surface area contributed by atoms with Crippen LogP contribution in [0.1, 0.15) is 11.3 Å². The number of hydrogen-bond donors (Lipinski definition) is 0. The van der Waals surface area contributed by atoms with Crippen LogP contribution < -0.4 is 9.58 Å². The lowest BCUT2D eigenvalue weighted by molar-refractivity contribution is -0.668. The number of nitrogens with zero attached hydrogens (tertiary/aromatic N) is 3. The monoisotopic (exact) mass is 335 g/mol. The minimum atomic E-state index is 0.339. The lowest BCUT2D eigenvalue weighted by atomic mass is 10.1. The molecule has 0 atom stereocenters. The second-order valence-corrected chi connectivity index (χ2v) is 5.50. The van der Waals surface area contributed by atoms with Gasteiger partial charge in [0.05, 0.1) is 22.5 Å². The molecule has 0 amide bonds. The van der Waals surface area contributed by atoms with Gasteiger partial charge in [0.15, 0.2) is 0 Å². The molecule has 112 valence electrons. The first-order valence-corrected chi connectivity index (χ1v) is 7.19. The predicted octanol–water partition coefficient (Wildman–Crippen LogP) is 3.17. The first-order chi connectivity index (χ1) is 10.6. The molecule has 5 nitrogen and oxygen atoms in total. The van der Waals surface area contributed by atoms with Crippen LogP contribution in [0, 0.1) is 5.21 Å². The lowest BCUT2D eigenvalue weighted by Gasteiger charge is -2.08. The van der Waals surface area contributed by atoms with Gasteiger partial charge in [-0.2, -0.15) is 0 Å². The maximum atomic E-state index is 11.8. The Balaban J connectivity index is 2.14. The fourth-order valence-corrected chi connectivity index (χ4v) is 2.76. The number of rotatable bonds is 3. The van der Waals surface area contributed by atoms with Gasteiger partial charge in [0.2, 0.25) is 6.20 Å². The molecule has 0 aliphatic rings. The standard InChI is InChI=1S/C15H11Cl2N3O2/c1-22-10-2-3-11-9(4-10)8-20(21)19-15(11)5-12-13(16)6-18-7-14(12)17/h2-4,6-8H,5H2,1H3. The molecule has 0 saturated heterocycles. The highest BCUT2D eigenvalue weighted by molar-refractivity contribution is 6.35. The largest absolute Gasteiger partial charge is 0.594 e. The van der Waals surface area contributed by atoms with E-state index in [1.165, 1.54) is 18.6 Å². The van der Waals surface area contributed by atoms with Gasteiger partial charge in [0, 0.05) is 29.3 Å². The number of pyridine rings is 1. The average molecular weight is 336 g/mol. The van der Waals surface area contributed by atoms with Crippen molar-refractivity contribution >= 4 is 34.0 Å². The Bertz CT molecular complexity index is 835. The third-order valence-electron chi connectivity index (χ3n) is 3.33. The van der Waals surface area contributed by atoms with Crippen molar-refractivity contribution in [1.82, 2.24) is 10.1 Å². The highest BCUT2D eigenvalue weighted by Gasteiger charge is 2.15. The number of methoxy groups -OCH3 is 1. The molecule has 2 heterocycles. The molecule has 7 heteroatoms. The maximum Gasteiger partial charge on any atom is 0.217 e. The number of ether oxygens (including phenoxy) is 1. The minimum Gasteiger partial charge on any atom is -0.594 e. The molecule has 0 aliphatic heterocycles. The molecular formula is C15H11Cl2N3O2. The highest BCUT2D eigenvalue weighted by Crippen LogP contribution is 2.28. The summed E-state index contributed by atoms with van der Waals surface area (Å²) in [6.07, 6.45) is 4.77. The van der Waals surface area contributed by atoms with Crippen molar-refractivity contribution in [3.63, 3.8) is 0 Å². The van der Waals surface area contributed by atoms with Crippen molar-refractivity contribution in [1.29, 1.82) is 0 Å². The van der Waals surface area contributed by atoms with Crippen LogP contribution in [0.3, 0.4) is 0 Å². The summed E-state index contributed by atoms with van der Waals surface area (Å²) < 4.78 is 5.18. The summed E-state index contributed by atoms with van der Waals surface area (Å²) in [7, 11) is 1.57. The van der Waals surface area contributed by atoms with Gasteiger partial charge in [-0.05, 0) is 23.8 Å². The number of benzene rings is 1. The molecule has 22 heavy (non-hydrogen) atoms. The zero-order valence-electron chi connectivity index (χ0n) is 11.6. The fraction of sp³-hybridized carbons (Fsp3) is 0.133. The second kappa shape index (κ2) is 5.94. The number of fused-ring (bicyclic) bond motifs is 1. The molecule has 0 N–H and O–H groups in total. The Morgan fingerprint density at radius 1 is 1.23 bits per heavy atom. The highest BCUT2D eigenvalue weighted by atomic mass is 35.5. The fourth-order valence-electron chi connectivity index (χ4n) is 2.26. The molecule has 0 unspecified atom stereocenters. The summed E-state index contributed by atoms with van der Waals surface area (Å²) in [6, 6.07) is 5.46. The molecule has 3 rings (SSSR count). The molecule has 0 radical (unpaired) electrons. The predicted molar refractivity (Wildman–Crippen MR) is 84.3 cm³/mol. The van der Waals surface area contributed by atoms with Crippen LogP contribution in [0.2, 0.25) is 10.0 Å². The van der Waals surface area contributed by atoms with Gasteiger partial charge in [-0.25, -0.2) is 0 Å². The summed E-state index contributed by atoms with van der Waals surface area (Å²) in [5.74, 6) is 0.671.